The predicted molar refractivity (Wildman–Crippen MR) is 72.2 cm³/mol. The molecule has 1 aromatic carbocycles. The number of benzene rings is 1. The van der Waals surface area contributed by atoms with Gasteiger partial charge < -0.3 is 4.74 Å². The van der Waals surface area contributed by atoms with E-state index < -0.39 is 0 Å². The van der Waals surface area contributed by atoms with Gasteiger partial charge >= 0.3 is 0 Å². The zero-order valence-corrected chi connectivity index (χ0v) is 11.4. The minimum atomic E-state index is 0.389. The lowest BCUT2D eigenvalue weighted by Crippen LogP contribution is -2.00. The number of pyridine rings is 1. The highest BCUT2D eigenvalue weighted by molar-refractivity contribution is 9.10. The quantitative estimate of drug-likeness (QED) is 0.870. The minimum absolute atomic E-state index is 0.389. The standard InChI is InChI=1S/C14H11BrN2O/c1-10-2-5-12(8-16)14(17-10)18-9-11-3-6-13(15)7-4-11/h2-7H,9H2,1H3. The smallest absolute Gasteiger partial charge is 0.232 e. The molecule has 0 saturated carbocycles. The molecule has 90 valence electrons. The number of ether oxygens (including phenoxy) is 1. The van der Waals surface area contributed by atoms with Crippen molar-refractivity contribution in [3.05, 3.63) is 57.7 Å². The van der Waals surface area contributed by atoms with Crippen LogP contribution in [-0.4, -0.2) is 4.98 Å². The first-order valence-electron chi connectivity index (χ1n) is 5.44. The number of halogens is 1. The van der Waals surface area contributed by atoms with Crippen molar-refractivity contribution in [3.63, 3.8) is 0 Å². The van der Waals surface area contributed by atoms with Crippen molar-refractivity contribution >= 4 is 15.9 Å². The average Bonchev–Trinajstić information content (AvgIpc) is 2.38. The summed E-state index contributed by atoms with van der Waals surface area (Å²) in [5, 5.41) is 8.97. The molecule has 0 fully saturated rings. The molecule has 0 aliphatic heterocycles. The van der Waals surface area contributed by atoms with Gasteiger partial charge in [-0.05, 0) is 36.8 Å². The van der Waals surface area contributed by atoms with Gasteiger partial charge in [0.1, 0.15) is 18.2 Å². The molecule has 0 radical (unpaired) electrons. The summed E-state index contributed by atoms with van der Waals surface area (Å²) >= 11 is 3.38. The Bertz CT molecular complexity index is 588. The lowest BCUT2D eigenvalue weighted by molar-refractivity contribution is 0.292. The van der Waals surface area contributed by atoms with E-state index in [1.807, 2.05) is 31.2 Å². The molecular weight excluding hydrogens is 292 g/mol. The molecule has 1 heterocycles. The van der Waals surface area contributed by atoms with Crippen LogP contribution in [0.3, 0.4) is 0 Å². The lowest BCUT2D eigenvalue weighted by atomic mass is 10.2. The zero-order valence-electron chi connectivity index (χ0n) is 9.85. The van der Waals surface area contributed by atoms with E-state index in [-0.39, 0.29) is 0 Å². The van der Waals surface area contributed by atoms with Crippen LogP contribution in [0, 0.1) is 18.3 Å². The van der Waals surface area contributed by atoms with Crippen molar-refractivity contribution in [2.75, 3.05) is 0 Å². The van der Waals surface area contributed by atoms with E-state index in [1.165, 1.54) is 0 Å². The third-order valence-corrected chi connectivity index (χ3v) is 2.94. The molecule has 2 aromatic rings. The maximum absolute atomic E-state index is 8.97. The number of aromatic nitrogens is 1. The fourth-order valence-electron chi connectivity index (χ4n) is 1.46. The number of nitriles is 1. The summed E-state index contributed by atoms with van der Waals surface area (Å²) < 4.78 is 6.61. The maximum atomic E-state index is 8.97. The van der Waals surface area contributed by atoms with E-state index in [2.05, 4.69) is 27.0 Å². The molecule has 0 aliphatic carbocycles. The first-order chi connectivity index (χ1) is 8.69. The molecule has 1 aromatic heterocycles. The topological polar surface area (TPSA) is 45.9 Å². The largest absolute Gasteiger partial charge is 0.472 e. The first-order valence-corrected chi connectivity index (χ1v) is 6.23. The van der Waals surface area contributed by atoms with Gasteiger partial charge in [-0.25, -0.2) is 4.98 Å². The summed E-state index contributed by atoms with van der Waals surface area (Å²) in [5.41, 5.74) is 2.32. The van der Waals surface area contributed by atoms with E-state index >= 15 is 0 Å². The van der Waals surface area contributed by atoms with Crippen molar-refractivity contribution in [1.82, 2.24) is 4.98 Å². The lowest BCUT2D eigenvalue weighted by Gasteiger charge is -2.07. The van der Waals surface area contributed by atoms with Gasteiger partial charge in [0.25, 0.3) is 0 Å². The Balaban J connectivity index is 2.13. The van der Waals surface area contributed by atoms with Crippen LogP contribution in [0.15, 0.2) is 40.9 Å². The van der Waals surface area contributed by atoms with Crippen LogP contribution in [0.4, 0.5) is 0 Å². The fourth-order valence-corrected chi connectivity index (χ4v) is 1.72. The fraction of sp³-hybridized carbons (Fsp3) is 0.143. The summed E-state index contributed by atoms with van der Waals surface area (Å²) in [6, 6.07) is 13.4. The summed E-state index contributed by atoms with van der Waals surface area (Å²) in [4.78, 5) is 4.22. The van der Waals surface area contributed by atoms with Crippen molar-refractivity contribution in [2.24, 2.45) is 0 Å². The van der Waals surface area contributed by atoms with Crippen LogP contribution in [0.25, 0.3) is 0 Å². The van der Waals surface area contributed by atoms with Gasteiger partial charge in [-0.1, -0.05) is 28.1 Å². The van der Waals surface area contributed by atoms with Crippen LogP contribution >= 0.6 is 15.9 Å². The predicted octanol–water partition coefficient (Wildman–Crippen LogP) is 3.60. The minimum Gasteiger partial charge on any atom is -0.472 e. The maximum Gasteiger partial charge on any atom is 0.232 e. The molecule has 4 heteroatoms. The summed E-state index contributed by atoms with van der Waals surface area (Å²) in [6.07, 6.45) is 0. The van der Waals surface area contributed by atoms with Crippen LogP contribution in [0.2, 0.25) is 0 Å². The number of nitrogens with zero attached hydrogens (tertiary/aromatic N) is 2. The highest BCUT2D eigenvalue weighted by Crippen LogP contribution is 2.17. The monoisotopic (exact) mass is 302 g/mol. The second-order valence-corrected chi connectivity index (χ2v) is 4.75. The van der Waals surface area contributed by atoms with Gasteiger partial charge in [0.05, 0.1) is 0 Å². The number of hydrogen-bond acceptors (Lipinski definition) is 3. The van der Waals surface area contributed by atoms with Crippen molar-refractivity contribution in [3.8, 4) is 11.9 Å². The molecule has 18 heavy (non-hydrogen) atoms. The number of aryl methyl sites for hydroxylation is 1. The number of rotatable bonds is 3. The molecule has 2 rings (SSSR count). The molecule has 0 bridgehead atoms. The summed E-state index contributed by atoms with van der Waals surface area (Å²) in [5.74, 6) is 0.389. The Morgan fingerprint density at radius 3 is 2.61 bits per heavy atom. The van der Waals surface area contributed by atoms with Crippen molar-refractivity contribution in [1.29, 1.82) is 5.26 Å². The Morgan fingerprint density at radius 1 is 1.22 bits per heavy atom. The summed E-state index contributed by atoms with van der Waals surface area (Å²) in [6.45, 7) is 2.27. The molecule has 0 atom stereocenters. The zero-order chi connectivity index (χ0) is 13.0. The van der Waals surface area contributed by atoms with Gasteiger partial charge in [0.2, 0.25) is 5.88 Å². The third-order valence-electron chi connectivity index (χ3n) is 2.41. The highest BCUT2D eigenvalue weighted by Gasteiger charge is 2.05. The number of hydrogen-bond donors (Lipinski definition) is 0. The van der Waals surface area contributed by atoms with Crippen LogP contribution in [0.1, 0.15) is 16.8 Å². The first kappa shape index (κ1) is 12.6. The molecule has 0 unspecified atom stereocenters. The summed E-state index contributed by atoms with van der Waals surface area (Å²) in [7, 11) is 0. The van der Waals surface area contributed by atoms with Crippen LogP contribution < -0.4 is 4.74 Å². The molecule has 0 spiro atoms. The second-order valence-electron chi connectivity index (χ2n) is 3.83. The van der Waals surface area contributed by atoms with Crippen molar-refractivity contribution in [2.45, 2.75) is 13.5 Å². The van der Waals surface area contributed by atoms with Gasteiger partial charge in [0.15, 0.2) is 0 Å². The van der Waals surface area contributed by atoms with Gasteiger partial charge in [0, 0.05) is 10.2 Å². The SMILES string of the molecule is Cc1ccc(C#N)c(OCc2ccc(Br)cc2)n1. The van der Waals surface area contributed by atoms with E-state index in [9.17, 15) is 0 Å². The average molecular weight is 303 g/mol. The van der Waals surface area contributed by atoms with Gasteiger partial charge in [-0.2, -0.15) is 5.26 Å². The second kappa shape index (κ2) is 5.65. The molecule has 0 amide bonds. The van der Waals surface area contributed by atoms with E-state index in [4.69, 9.17) is 10.00 Å². The van der Waals surface area contributed by atoms with Gasteiger partial charge in [-0.15, -0.1) is 0 Å². The molecular formula is C14H11BrN2O. The molecule has 0 saturated heterocycles. The Kier molecular flexibility index (Phi) is 3.96. The molecule has 3 nitrogen and oxygen atoms in total. The molecule has 0 N–H and O–H groups in total. The van der Waals surface area contributed by atoms with E-state index in [0.29, 0.717) is 18.1 Å². The normalized spacial score (nSPS) is 9.83. The van der Waals surface area contributed by atoms with Gasteiger partial charge in [-0.3, -0.25) is 0 Å². The van der Waals surface area contributed by atoms with E-state index in [0.717, 1.165) is 15.7 Å². The Morgan fingerprint density at radius 2 is 1.94 bits per heavy atom. The van der Waals surface area contributed by atoms with Crippen LogP contribution in [-0.2, 0) is 6.61 Å². The highest BCUT2D eigenvalue weighted by atomic mass is 79.9. The Hall–Kier alpha value is -1.86. The van der Waals surface area contributed by atoms with E-state index in [1.54, 1.807) is 12.1 Å². The molecule has 0 aliphatic rings. The van der Waals surface area contributed by atoms with Crippen molar-refractivity contribution < 1.29 is 4.74 Å². The Labute approximate surface area is 114 Å². The third kappa shape index (κ3) is 3.08. The van der Waals surface area contributed by atoms with Crippen LogP contribution in [0.5, 0.6) is 5.88 Å².